The number of carbonyl (C=O) groups excluding carboxylic acids is 2. The van der Waals surface area contributed by atoms with Crippen LogP contribution in [-0.2, 0) is 9.59 Å². The van der Waals surface area contributed by atoms with Gasteiger partial charge in [0.15, 0.2) is 5.78 Å². The minimum atomic E-state index is -0.461. The number of allylic oxidation sites excluding steroid dienone is 2. The van der Waals surface area contributed by atoms with Crippen LogP contribution in [0.3, 0.4) is 0 Å². The Bertz CT molecular complexity index is 1100. The first kappa shape index (κ1) is 20.0. The summed E-state index contributed by atoms with van der Waals surface area (Å²) in [5.74, 6) is -0.540. The number of hydrogen-bond acceptors (Lipinski definition) is 4. The van der Waals surface area contributed by atoms with Crippen molar-refractivity contribution in [1.82, 2.24) is 0 Å². The number of Topliss-reactive ketones (excluding diaryl/α,β-unsaturated/α-hetero) is 1. The van der Waals surface area contributed by atoms with Crippen LogP contribution in [0.2, 0.25) is 0 Å². The van der Waals surface area contributed by atoms with Crippen LogP contribution in [0.1, 0.15) is 50.2 Å². The normalized spacial score (nSPS) is 20.9. The van der Waals surface area contributed by atoms with Crippen molar-refractivity contribution in [3.05, 3.63) is 81.0 Å². The number of non-ortho nitro benzene ring substituents is 1. The molecule has 6 nitrogen and oxygen atoms in total. The van der Waals surface area contributed by atoms with E-state index in [0.29, 0.717) is 24.0 Å². The van der Waals surface area contributed by atoms with Crippen LogP contribution in [0.25, 0.3) is 0 Å². The van der Waals surface area contributed by atoms with Crippen molar-refractivity contribution in [3.8, 4) is 0 Å². The Balaban J connectivity index is 1.90. The second-order valence-corrected chi connectivity index (χ2v) is 8.98. The molecule has 0 saturated carbocycles. The number of nitro benzene ring substituents is 1. The Morgan fingerprint density at radius 2 is 1.80 bits per heavy atom. The molecule has 30 heavy (non-hydrogen) atoms. The lowest BCUT2D eigenvalue weighted by Gasteiger charge is -2.43. The Hall–Kier alpha value is -3.28. The maximum Gasteiger partial charge on any atom is 0.269 e. The van der Waals surface area contributed by atoms with E-state index in [1.807, 2.05) is 45.0 Å². The highest BCUT2D eigenvalue weighted by Gasteiger charge is 2.44. The number of anilines is 1. The van der Waals surface area contributed by atoms with Gasteiger partial charge in [-0.2, -0.15) is 0 Å². The van der Waals surface area contributed by atoms with Crippen LogP contribution in [0.15, 0.2) is 59.8 Å². The van der Waals surface area contributed by atoms with Gasteiger partial charge in [-0.25, -0.2) is 0 Å². The molecule has 2 aromatic rings. The minimum Gasteiger partial charge on any atom is -0.294 e. The number of aryl methyl sites for hydroxylation is 1. The summed E-state index contributed by atoms with van der Waals surface area (Å²) in [6.45, 7) is 6.03. The zero-order chi connectivity index (χ0) is 21.6. The summed E-state index contributed by atoms with van der Waals surface area (Å²) in [5, 5.41) is 11.3. The molecule has 4 rings (SSSR count). The first-order valence-corrected chi connectivity index (χ1v) is 10.1. The monoisotopic (exact) mass is 404 g/mol. The van der Waals surface area contributed by atoms with Crippen molar-refractivity contribution in [3.63, 3.8) is 0 Å². The highest BCUT2D eigenvalue weighted by Crippen LogP contribution is 2.48. The van der Waals surface area contributed by atoms with Crippen LogP contribution in [-0.4, -0.2) is 16.6 Å². The van der Waals surface area contributed by atoms with Gasteiger partial charge in [-0.1, -0.05) is 38.1 Å². The number of carbonyl (C=O) groups is 2. The van der Waals surface area contributed by atoms with Crippen molar-refractivity contribution >= 4 is 23.1 Å². The van der Waals surface area contributed by atoms with E-state index < -0.39 is 10.8 Å². The summed E-state index contributed by atoms with van der Waals surface area (Å²) >= 11 is 0. The summed E-state index contributed by atoms with van der Waals surface area (Å²) in [7, 11) is 0. The van der Waals surface area contributed by atoms with E-state index in [1.54, 1.807) is 17.0 Å². The van der Waals surface area contributed by atoms with E-state index in [2.05, 4.69) is 0 Å². The summed E-state index contributed by atoms with van der Waals surface area (Å²) in [6, 6.07) is 14.0. The van der Waals surface area contributed by atoms with Crippen molar-refractivity contribution in [1.29, 1.82) is 0 Å². The van der Waals surface area contributed by atoms with E-state index >= 15 is 0 Å². The molecule has 0 aromatic heterocycles. The Kier molecular flexibility index (Phi) is 4.80. The van der Waals surface area contributed by atoms with Crippen molar-refractivity contribution in [2.75, 3.05) is 4.90 Å². The lowest BCUT2D eigenvalue weighted by atomic mass is 9.69. The fourth-order valence-corrected chi connectivity index (χ4v) is 4.62. The third-order valence-electron chi connectivity index (χ3n) is 5.89. The summed E-state index contributed by atoms with van der Waals surface area (Å²) in [6.07, 6.45) is 1.10. The molecule has 2 aromatic carbocycles. The molecule has 0 bridgehead atoms. The first-order chi connectivity index (χ1) is 14.2. The third-order valence-corrected chi connectivity index (χ3v) is 5.89. The number of hydrogen-bond donors (Lipinski definition) is 0. The number of ketones is 1. The number of benzene rings is 2. The quantitative estimate of drug-likeness (QED) is 0.528. The van der Waals surface area contributed by atoms with Crippen molar-refractivity contribution < 1.29 is 14.5 Å². The minimum absolute atomic E-state index is 0.0166. The van der Waals surface area contributed by atoms with Crippen LogP contribution in [0.4, 0.5) is 11.4 Å². The molecule has 154 valence electrons. The highest BCUT2D eigenvalue weighted by molar-refractivity contribution is 6.07. The zero-order valence-corrected chi connectivity index (χ0v) is 17.3. The molecule has 0 saturated heterocycles. The maximum absolute atomic E-state index is 13.3. The largest absolute Gasteiger partial charge is 0.294 e. The van der Waals surface area contributed by atoms with Gasteiger partial charge >= 0.3 is 0 Å². The number of nitrogens with zero attached hydrogens (tertiary/aromatic N) is 2. The maximum atomic E-state index is 13.3. The fraction of sp³-hybridized carbons (Fsp3) is 0.333. The van der Waals surface area contributed by atoms with Gasteiger partial charge in [0.2, 0.25) is 5.91 Å². The SMILES string of the molecule is Cc1cccc(N2C(=O)CC(c3cccc([N+](=O)[O-])c3)C3=C2CC(C)(C)CC3=O)c1. The molecule has 0 fully saturated rings. The van der Waals surface area contributed by atoms with E-state index in [9.17, 15) is 19.7 Å². The highest BCUT2D eigenvalue weighted by atomic mass is 16.6. The molecule has 1 amide bonds. The van der Waals surface area contributed by atoms with Crippen LogP contribution >= 0.6 is 0 Å². The van der Waals surface area contributed by atoms with Gasteiger partial charge in [-0.15, -0.1) is 0 Å². The first-order valence-electron chi connectivity index (χ1n) is 10.1. The van der Waals surface area contributed by atoms with Gasteiger partial charge in [-0.3, -0.25) is 24.6 Å². The number of nitro groups is 1. The van der Waals surface area contributed by atoms with Crippen molar-refractivity contribution in [2.24, 2.45) is 5.41 Å². The average molecular weight is 404 g/mol. The second-order valence-electron chi connectivity index (χ2n) is 8.98. The van der Waals surface area contributed by atoms with Gasteiger partial charge in [0.05, 0.1) is 4.92 Å². The number of rotatable bonds is 3. The van der Waals surface area contributed by atoms with Crippen LogP contribution in [0, 0.1) is 22.5 Å². The second kappa shape index (κ2) is 7.20. The molecular formula is C24H24N2O4. The predicted octanol–water partition coefficient (Wildman–Crippen LogP) is 5.07. The van der Waals surface area contributed by atoms with E-state index in [4.69, 9.17) is 0 Å². The standard InChI is InChI=1S/C24H24N2O4/c1-15-6-4-8-17(10-15)25-20-13-24(2,3)14-21(27)23(20)19(12-22(25)28)16-7-5-9-18(11-16)26(29)30/h4-11,19H,12-14H2,1-3H3. The Morgan fingerprint density at radius 1 is 1.07 bits per heavy atom. The van der Waals surface area contributed by atoms with Gasteiger partial charge in [0.1, 0.15) is 0 Å². The summed E-state index contributed by atoms with van der Waals surface area (Å²) in [5.41, 5.74) is 3.49. The van der Waals surface area contributed by atoms with E-state index in [1.165, 1.54) is 12.1 Å². The van der Waals surface area contributed by atoms with Crippen molar-refractivity contribution in [2.45, 2.75) is 46.0 Å². The molecule has 0 radical (unpaired) electrons. The molecule has 0 N–H and O–H groups in total. The molecule has 2 aliphatic rings. The molecule has 1 aliphatic heterocycles. The van der Waals surface area contributed by atoms with Gasteiger partial charge < -0.3 is 0 Å². The molecule has 0 spiro atoms. The van der Waals surface area contributed by atoms with E-state index in [-0.39, 0.29) is 29.2 Å². The summed E-state index contributed by atoms with van der Waals surface area (Å²) in [4.78, 5) is 39.1. The van der Waals surface area contributed by atoms with Crippen LogP contribution in [0.5, 0.6) is 0 Å². The van der Waals surface area contributed by atoms with Crippen LogP contribution < -0.4 is 4.90 Å². The van der Waals surface area contributed by atoms with E-state index in [0.717, 1.165) is 16.9 Å². The Labute approximate surface area is 175 Å². The average Bonchev–Trinajstić information content (AvgIpc) is 2.66. The smallest absolute Gasteiger partial charge is 0.269 e. The third kappa shape index (κ3) is 3.54. The molecule has 6 heteroatoms. The molecule has 1 aliphatic carbocycles. The Morgan fingerprint density at radius 3 is 2.50 bits per heavy atom. The fourth-order valence-electron chi connectivity index (χ4n) is 4.62. The molecular weight excluding hydrogens is 380 g/mol. The molecule has 1 atom stereocenters. The molecule has 1 heterocycles. The molecule has 1 unspecified atom stereocenters. The number of amides is 1. The topological polar surface area (TPSA) is 80.5 Å². The summed E-state index contributed by atoms with van der Waals surface area (Å²) < 4.78 is 0. The lowest BCUT2D eigenvalue weighted by Crippen LogP contribution is -2.43. The zero-order valence-electron chi connectivity index (χ0n) is 17.3. The predicted molar refractivity (Wildman–Crippen MR) is 114 cm³/mol. The van der Waals surface area contributed by atoms with Gasteiger partial charge in [0, 0.05) is 47.8 Å². The van der Waals surface area contributed by atoms with Gasteiger partial charge in [-0.05, 0) is 42.0 Å². The van der Waals surface area contributed by atoms with Gasteiger partial charge in [0.25, 0.3) is 5.69 Å². The lowest BCUT2D eigenvalue weighted by molar-refractivity contribution is -0.384.